The molecule has 2 rings (SSSR count). The van der Waals surface area contributed by atoms with E-state index in [1.54, 1.807) is 18.0 Å². The third kappa shape index (κ3) is 2.29. The smallest absolute Gasteiger partial charge is 0.180 e. The molecule has 14 heavy (non-hydrogen) atoms. The van der Waals surface area contributed by atoms with Gasteiger partial charge in [-0.1, -0.05) is 18.7 Å². The van der Waals surface area contributed by atoms with Crippen LogP contribution in [-0.4, -0.2) is 21.9 Å². The molecule has 1 atom stereocenters. The molecule has 1 fully saturated rings. The maximum atomic E-state index is 4.86. The van der Waals surface area contributed by atoms with E-state index in [4.69, 9.17) is 4.42 Å². The van der Waals surface area contributed by atoms with E-state index < -0.39 is 0 Å². The number of aromatic nitrogens is 1. The number of hydrogen-bond acceptors (Lipinski definition) is 4. The van der Waals surface area contributed by atoms with Gasteiger partial charge in [0.1, 0.15) is 12.0 Å². The highest BCUT2D eigenvalue weighted by atomic mass is 32.2. The average molecular weight is 211 g/mol. The van der Waals surface area contributed by atoms with Crippen LogP contribution in [0, 0.1) is 0 Å². The highest BCUT2D eigenvalue weighted by molar-refractivity contribution is 8.14. The Kier molecular flexibility index (Phi) is 3.08. The molecule has 0 saturated carbocycles. The summed E-state index contributed by atoms with van der Waals surface area (Å²) in [4.78, 5) is 8.42. The molecule has 0 radical (unpaired) electrons. The quantitative estimate of drug-likeness (QED) is 0.826. The van der Waals surface area contributed by atoms with E-state index in [9.17, 15) is 0 Å². The van der Waals surface area contributed by atoms with E-state index in [-0.39, 0.29) is 0 Å². The second-order valence-electron chi connectivity index (χ2n) is 3.16. The van der Waals surface area contributed by atoms with Gasteiger partial charge >= 0.3 is 0 Å². The molecular formula is C9H13N3OS. The van der Waals surface area contributed by atoms with Crippen molar-refractivity contribution in [2.45, 2.75) is 25.9 Å². The van der Waals surface area contributed by atoms with Crippen LogP contribution in [0.1, 0.15) is 19.0 Å². The normalized spacial score (nSPS) is 24.1. The minimum atomic E-state index is 0.580. The zero-order chi connectivity index (χ0) is 9.80. The monoisotopic (exact) mass is 211 g/mol. The Morgan fingerprint density at radius 1 is 1.79 bits per heavy atom. The van der Waals surface area contributed by atoms with E-state index >= 15 is 0 Å². The molecule has 1 saturated heterocycles. The zero-order valence-electron chi connectivity index (χ0n) is 8.06. The van der Waals surface area contributed by atoms with E-state index in [1.165, 1.54) is 6.39 Å². The maximum Gasteiger partial charge on any atom is 0.180 e. The number of hydrogen-bond donors (Lipinski definition) is 1. The molecule has 1 aromatic rings. The minimum Gasteiger partial charge on any atom is -0.451 e. The first kappa shape index (κ1) is 9.58. The lowest BCUT2D eigenvalue weighted by molar-refractivity contribution is 0.556. The third-order valence-electron chi connectivity index (χ3n) is 2.11. The minimum absolute atomic E-state index is 0.580. The van der Waals surface area contributed by atoms with Crippen molar-refractivity contribution in [2.75, 3.05) is 5.75 Å². The molecule has 0 aromatic carbocycles. The van der Waals surface area contributed by atoms with E-state index in [0.29, 0.717) is 12.6 Å². The van der Waals surface area contributed by atoms with Crippen molar-refractivity contribution in [1.82, 2.24) is 10.3 Å². The number of nitrogens with zero attached hydrogens (tertiary/aromatic N) is 2. The van der Waals surface area contributed by atoms with Gasteiger partial charge < -0.3 is 9.73 Å². The van der Waals surface area contributed by atoms with Gasteiger partial charge in [0.05, 0.1) is 6.54 Å². The van der Waals surface area contributed by atoms with Gasteiger partial charge in [-0.05, 0) is 6.42 Å². The molecule has 0 bridgehead atoms. The topological polar surface area (TPSA) is 50.4 Å². The summed E-state index contributed by atoms with van der Waals surface area (Å²) >= 11 is 1.78. The standard InChI is InChI=1S/C9H13N3OS/c1-2-7-5-14-9(12-7)10-3-8-4-13-6-11-8/h4,6-7H,2-3,5H2,1H3,(H,10,12). The molecule has 76 valence electrons. The van der Waals surface area contributed by atoms with Crippen molar-refractivity contribution in [3.05, 3.63) is 18.4 Å². The van der Waals surface area contributed by atoms with E-state index in [1.807, 2.05) is 0 Å². The lowest BCUT2D eigenvalue weighted by atomic mass is 10.3. The van der Waals surface area contributed by atoms with Crippen molar-refractivity contribution in [1.29, 1.82) is 0 Å². The summed E-state index contributed by atoms with van der Waals surface area (Å²) in [7, 11) is 0. The van der Waals surface area contributed by atoms with Gasteiger partial charge in [0.15, 0.2) is 11.6 Å². The van der Waals surface area contributed by atoms with Crippen LogP contribution >= 0.6 is 11.8 Å². The molecule has 1 unspecified atom stereocenters. The summed E-state index contributed by atoms with van der Waals surface area (Å²) < 4.78 is 4.86. The summed E-state index contributed by atoms with van der Waals surface area (Å²) in [6.07, 6.45) is 4.20. The predicted octanol–water partition coefficient (Wildman–Crippen LogP) is 1.65. The second-order valence-corrected chi connectivity index (χ2v) is 4.17. The highest BCUT2D eigenvalue weighted by Crippen LogP contribution is 2.16. The van der Waals surface area contributed by atoms with Crippen LogP contribution in [-0.2, 0) is 6.54 Å². The fraction of sp³-hybridized carbons (Fsp3) is 0.556. The lowest BCUT2D eigenvalue weighted by Gasteiger charge is -2.03. The third-order valence-corrected chi connectivity index (χ3v) is 3.20. The van der Waals surface area contributed by atoms with Crippen molar-refractivity contribution in [2.24, 2.45) is 4.99 Å². The average Bonchev–Trinajstić information content (AvgIpc) is 2.86. The largest absolute Gasteiger partial charge is 0.451 e. The predicted molar refractivity (Wildman–Crippen MR) is 57.3 cm³/mol. The van der Waals surface area contributed by atoms with Crippen molar-refractivity contribution in [3.8, 4) is 0 Å². The summed E-state index contributed by atoms with van der Waals surface area (Å²) in [5.74, 6) is 1.12. The van der Waals surface area contributed by atoms with Crippen LogP contribution in [0.25, 0.3) is 0 Å². The first-order valence-electron chi connectivity index (χ1n) is 4.69. The van der Waals surface area contributed by atoms with Gasteiger partial charge in [0, 0.05) is 11.8 Å². The van der Waals surface area contributed by atoms with Crippen LogP contribution < -0.4 is 5.32 Å². The molecule has 0 aliphatic carbocycles. The summed E-state index contributed by atoms with van der Waals surface area (Å²) in [6.45, 7) is 2.78. The molecule has 0 amide bonds. The Morgan fingerprint density at radius 2 is 2.71 bits per heavy atom. The van der Waals surface area contributed by atoms with Gasteiger partial charge in [-0.15, -0.1) is 0 Å². The van der Waals surface area contributed by atoms with Gasteiger partial charge in [-0.25, -0.2) is 4.98 Å². The molecular weight excluding hydrogens is 198 g/mol. The Balaban J connectivity index is 1.87. The SMILES string of the molecule is CCC1CSC(=NCc2cocn2)N1. The van der Waals surface area contributed by atoms with Crippen molar-refractivity contribution >= 4 is 16.9 Å². The lowest BCUT2D eigenvalue weighted by Crippen LogP contribution is -2.25. The second kappa shape index (κ2) is 4.50. The van der Waals surface area contributed by atoms with Crippen LogP contribution in [0.4, 0.5) is 0 Å². The van der Waals surface area contributed by atoms with E-state index in [2.05, 4.69) is 22.2 Å². The van der Waals surface area contributed by atoms with Gasteiger partial charge in [0.25, 0.3) is 0 Å². The van der Waals surface area contributed by atoms with Crippen molar-refractivity contribution < 1.29 is 4.42 Å². The van der Waals surface area contributed by atoms with Gasteiger partial charge in [-0.3, -0.25) is 4.99 Å². The Hall–Kier alpha value is -0.970. The number of thioether (sulfide) groups is 1. The highest BCUT2D eigenvalue weighted by Gasteiger charge is 2.17. The Bertz CT molecular complexity index is 310. The maximum absolute atomic E-state index is 4.86. The fourth-order valence-corrected chi connectivity index (χ4v) is 2.30. The zero-order valence-corrected chi connectivity index (χ0v) is 8.88. The number of nitrogens with one attached hydrogen (secondary N) is 1. The number of amidine groups is 1. The molecule has 5 heteroatoms. The first-order valence-corrected chi connectivity index (χ1v) is 5.68. The Labute approximate surface area is 87.2 Å². The van der Waals surface area contributed by atoms with Crippen LogP contribution in [0.2, 0.25) is 0 Å². The summed E-state index contributed by atoms with van der Waals surface area (Å²) in [6, 6.07) is 0.580. The molecule has 2 heterocycles. The number of aliphatic imine (C=N–C) groups is 1. The number of rotatable bonds is 3. The van der Waals surface area contributed by atoms with Gasteiger partial charge in [0.2, 0.25) is 0 Å². The van der Waals surface area contributed by atoms with Crippen LogP contribution in [0.3, 0.4) is 0 Å². The van der Waals surface area contributed by atoms with Crippen LogP contribution in [0.5, 0.6) is 0 Å². The first-order chi connectivity index (χ1) is 6.88. The van der Waals surface area contributed by atoms with Crippen molar-refractivity contribution in [3.63, 3.8) is 0 Å². The molecule has 0 spiro atoms. The summed E-state index contributed by atoms with van der Waals surface area (Å²) in [5.41, 5.74) is 0.875. The summed E-state index contributed by atoms with van der Waals surface area (Å²) in [5, 5.41) is 4.39. The van der Waals surface area contributed by atoms with E-state index in [0.717, 1.165) is 23.0 Å². The number of oxazole rings is 1. The molecule has 1 aromatic heterocycles. The molecule has 1 aliphatic heterocycles. The Morgan fingerprint density at radius 3 is 3.36 bits per heavy atom. The molecule has 1 aliphatic rings. The molecule has 4 nitrogen and oxygen atoms in total. The van der Waals surface area contributed by atoms with Crippen LogP contribution in [0.15, 0.2) is 22.1 Å². The molecule has 1 N–H and O–H groups in total. The fourth-order valence-electron chi connectivity index (χ4n) is 1.22. The van der Waals surface area contributed by atoms with Gasteiger partial charge in [-0.2, -0.15) is 0 Å².